The van der Waals surface area contributed by atoms with Crippen LogP contribution in [0.15, 0.2) is 0 Å². The molecule has 1 heterocycles. The van der Waals surface area contributed by atoms with Crippen LogP contribution in [0.1, 0.15) is 6.42 Å². The van der Waals surface area contributed by atoms with Gasteiger partial charge in [-0.15, -0.1) is 0 Å². The minimum absolute atomic E-state index is 0.0625. The van der Waals surface area contributed by atoms with Crippen LogP contribution in [0.25, 0.3) is 0 Å². The van der Waals surface area contributed by atoms with E-state index in [0.29, 0.717) is 6.54 Å². The molecule has 1 aliphatic rings. The van der Waals surface area contributed by atoms with Crippen molar-refractivity contribution in [2.24, 2.45) is 0 Å². The number of alkyl halides is 3. The summed E-state index contributed by atoms with van der Waals surface area (Å²) in [6.45, 7) is 0.264. The lowest BCUT2D eigenvalue weighted by Gasteiger charge is -2.30. The van der Waals surface area contributed by atoms with Gasteiger partial charge < -0.3 is 9.84 Å². The highest BCUT2D eigenvalue weighted by molar-refractivity contribution is 4.97. The largest absolute Gasteiger partial charge is 0.418 e. The summed E-state index contributed by atoms with van der Waals surface area (Å²) in [6.07, 6.45) is -4.40. The van der Waals surface area contributed by atoms with E-state index in [1.54, 1.807) is 4.90 Å². The zero-order chi connectivity index (χ0) is 10.8. The predicted octanol–water partition coefficient (Wildman–Crippen LogP) is 0.632. The number of methoxy groups -OCH3 is 1. The number of hydrogen-bond acceptors (Lipinski definition) is 3. The number of halogens is 3. The van der Waals surface area contributed by atoms with Crippen molar-refractivity contribution in [2.45, 2.75) is 18.2 Å². The topological polar surface area (TPSA) is 32.7 Å². The molecule has 0 spiro atoms. The maximum Gasteiger partial charge on any atom is 0.418 e. The summed E-state index contributed by atoms with van der Waals surface area (Å²) in [5, 5.41) is 8.61. The van der Waals surface area contributed by atoms with Crippen LogP contribution in [0, 0.1) is 0 Å². The molecule has 1 N–H and O–H groups in total. The van der Waals surface area contributed by atoms with E-state index in [1.165, 1.54) is 0 Å². The monoisotopic (exact) mass is 213 g/mol. The van der Waals surface area contributed by atoms with Crippen LogP contribution in [0.5, 0.6) is 0 Å². The highest BCUT2D eigenvalue weighted by atomic mass is 19.4. The lowest BCUT2D eigenvalue weighted by molar-refractivity contribution is -0.263. The molecule has 1 aliphatic heterocycles. The van der Waals surface area contributed by atoms with Crippen LogP contribution in [0.4, 0.5) is 13.2 Å². The summed E-state index contributed by atoms with van der Waals surface area (Å²) in [6, 6.07) is 0. The lowest BCUT2D eigenvalue weighted by atomic mass is 10.0. The predicted molar refractivity (Wildman–Crippen MR) is 43.9 cm³/mol. The van der Waals surface area contributed by atoms with E-state index in [9.17, 15) is 13.2 Å². The second kappa shape index (κ2) is 4.04. The standard InChI is InChI=1S/C8H14F3NO2/c1-14-7(8(9,10)11)2-3-12(6-7)4-5-13/h13H,2-6H2,1H3/t7-/m1/s1. The first kappa shape index (κ1) is 11.7. The van der Waals surface area contributed by atoms with E-state index in [0.717, 1.165) is 7.11 Å². The molecule has 84 valence electrons. The highest BCUT2D eigenvalue weighted by Crippen LogP contribution is 2.40. The Kier molecular flexibility index (Phi) is 3.39. The number of ether oxygens (including phenoxy) is 1. The smallest absolute Gasteiger partial charge is 0.395 e. The van der Waals surface area contributed by atoms with Crippen LogP contribution in [-0.2, 0) is 4.74 Å². The molecule has 14 heavy (non-hydrogen) atoms. The van der Waals surface area contributed by atoms with E-state index < -0.39 is 11.8 Å². The quantitative estimate of drug-likeness (QED) is 0.746. The molecule has 0 aliphatic carbocycles. The van der Waals surface area contributed by atoms with Gasteiger partial charge in [0.15, 0.2) is 5.60 Å². The SMILES string of the molecule is CO[C@]1(C(F)(F)F)CCN(CCO)C1. The van der Waals surface area contributed by atoms with Crippen molar-refractivity contribution in [3.8, 4) is 0 Å². The summed E-state index contributed by atoms with van der Waals surface area (Å²) in [5.74, 6) is 0. The summed E-state index contributed by atoms with van der Waals surface area (Å²) < 4.78 is 42.4. The van der Waals surface area contributed by atoms with E-state index >= 15 is 0 Å². The average Bonchev–Trinajstić information content (AvgIpc) is 2.49. The van der Waals surface area contributed by atoms with Gasteiger partial charge in [0.1, 0.15) is 0 Å². The molecule has 0 aromatic carbocycles. The summed E-state index contributed by atoms with van der Waals surface area (Å²) >= 11 is 0. The van der Waals surface area contributed by atoms with Crippen molar-refractivity contribution < 1.29 is 23.0 Å². The summed E-state index contributed by atoms with van der Waals surface area (Å²) in [4.78, 5) is 1.55. The fraction of sp³-hybridized carbons (Fsp3) is 1.00. The summed E-state index contributed by atoms with van der Waals surface area (Å²) in [7, 11) is 1.08. The first-order valence-electron chi connectivity index (χ1n) is 4.40. The van der Waals surface area contributed by atoms with Crippen molar-refractivity contribution in [1.29, 1.82) is 0 Å². The number of rotatable bonds is 3. The molecule has 0 saturated carbocycles. The van der Waals surface area contributed by atoms with Gasteiger partial charge in [0.2, 0.25) is 0 Å². The summed E-state index contributed by atoms with van der Waals surface area (Å²) in [5.41, 5.74) is -2.04. The second-order valence-corrected chi connectivity index (χ2v) is 3.45. The zero-order valence-corrected chi connectivity index (χ0v) is 7.97. The number of likely N-dealkylation sites (tertiary alicyclic amines) is 1. The molecule has 0 unspecified atom stereocenters. The Balaban J connectivity index is 2.66. The van der Waals surface area contributed by atoms with Crippen LogP contribution >= 0.6 is 0 Å². The molecular weight excluding hydrogens is 199 g/mol. The third-order valence-corrected chi connectivity index (χ3v) is 2.63. The Bertz CT molecular complexity index is 198. The van der Waals surface area contributed by atoms with Gasteiger partial charge in [-0.05, 0) is 6.42 Å². The van der Waals surface area contributed by atoms with Crippen LogP contribution in [0.2, 0.25) is 0 Å². The maximum absolute atomic E-state index is 12.6. The Morgan fingerprint density at radius 1 is 1.50 bits per heavy atom. The van der Waals surface area contributed by atoms with Crippen LogP contribution < -0.4 is 0 Å². The number of hydrogen-bond donors (Lipinski definition) is 1. The Morgan fingerprint density at radius 2 is 2.14 bits per heavy atom. The van der Waals surface area contributed by atoms with Crippen molar-refractivity contribution in [1.82, 2.24) is 4.90 Å². The fourth-order valence-electron chi connectivity index (χ4n) is 1.70. The van der Waals surface area contributed by atoms with Gasteiger partial charge in [-0.2, -0.15) is 13.2 Å². The number of nitrogens with zero attached hydrogens (tertiary/aromatic N) is 1. The molecule has 1 atom stereocenters. The molecule has 0 aromatic heterocycles. The maximum atomic E-state index is 12.6. The molecule has 6 heteroatoms. The van der Waals surface area contributed by atoms with E-state index in [-0.39, 0.29) is 26.1 Å². The average molecular weight is 213 g/mol. The molecular formula is C8H14F3NO2. The fourth-order valence-corrected chi connectivity index (χ4v) is 1.70. The van der Waals surface area contributed by atoms with E-state index in [4.69, 9.17) is 5.11 Å². The normalized spacial score (nSPS) is 29.8. The molecule has 0 aromatic rings. The first-order valence-corrected chi connectivity index (χ1v) is 4.40. The second-order valence-electron chi connectivity index (χ2n) is 3.45. The molecule has 3 nitrogen and oxygen atoms in total. The van der Waals surface area contributed by atoms with E-state index in [2.05, 4.69) is 4.74 Å². The molecule has 1 fully saturated rings. The van der Waals surface area contributed by atoms with Gasteiger partial charge in [-0.3, -0.25) is 4.90 Å². The van der Waals surface area contributed by atoms with Gasteiger partial charge in [-0.25, -0.2) is 0 Å². The van der Waals surface area contributed by atoms with Gasteiger partial charge >= 0.3 is 6.18 Å². The third kappa shape index (κ3) is 2.02. The van der Waals surface area contributed by atoms with E-state index in [1.807, 2.05) is 0 Å². The zero-order valence-electron chi connectivity index (χ0n) is 7.97. The highest BCUT2D eigenvalue weighted by Gasteiger charge is 2.58. The molecule has 0 amide bonds. The Hall–Kier alpha value is -0.330. The van der Waals surface area contributed by atoms with Crippen LogP contribution in [0.3, 0.4) is 0 Å². The first-order chi connectivity index (χ1) is 6.45. The van der Waals surface area contributed by atoms with Gasteiger partial charge in [0, 0.05) is 26.7 Å². The van der Waals surface area contributed by atoms with Crippen molar-refractivity contribution in [3.63, 3.8) is 0 Å². The van der Waals surface area contributed by atoms with Crippen molar-refractivity contribution in [2.75, 3.05) is 33.4 Å². The Morgan fingerprint density at radius 3 is 2.50 bits per heavy atom. The van der Waals surface area contributed by atoms with Gasteiger partial charge in [0.25, 0.3) is 0 Å². The van der Waals surface area contributed by atoms with Crippen molar-refractivity contribution in [3.05, 3.63) is 0 Å². The number of β-amino-alcohol motifs (C(OH)–C–C–N with tert-alkyl or cyclic N) is 1. The number of aliphatic hydroxyl groups is 1. The molecule has 1 rings (SSSR count). The van der Waals surface area contributed by atoms with Crippen molar-refractivity contribution >= 4 is 0 Å². The van der Waals surface area contributed by atoms with Crippen LogP contribution in [-0.4, -0.2) is 55.1 Å². The van der Waals surface area contributed by atoms with Gasteiger partial charge in [0.05, 0.1) is 6.61 Å². The third-order valence-electron chi connectivity index (χ3n) is 2.63. The molecule has 1 saturated heterocycles. The van der Waals surface area contributed by atoms with Gasteiger partial charge in [-0.1, -0.05) is 0 Å². The lowest BCUT2D eigenvalue weighted by Crippen LogP contribution is -2.49. The molecule has 0 radical (unpaired) electrons. The Labute approximate surface area is 80.5 Å². The molecule has 0 bridgehead atoms. The number of aliphatic hydroxyl groups excluding tert-OH is 1. The minimum atomic E-state index is -4.34. The minimum Gasteiger partial charge on any atom is -0.395 e.